The first kappa shape index (κ1) is 11.5. The van der Waals surface area contributed by atoms with Gasteiger partial charge in [0.2, 0.25) is 0 Å². The third-order valence-corrected chi connectivity index (χ3v) is 0.889. The van der Waals surface area contributed by atoms with Gasteiger partial charge in [-0.15, -0.1) is 0 Å². The number of hydrogen-bond acceptors (Lipinski definition) is 2. The quantitative estimate of drug-likeness (QED) is 0.373. The van der Waals surface area contributed by atoms with E-state index in [-0.39, 0.29) is 12.4 Å². The molecular weight excluding hydrogens is 189 g/mol. The molecule has 0 radical (unpaired) electrons. The highest BCUT2D eigenvalue weighted by molar-refractivity contribution is 5.84. The molecule has 13 heavy (non-hydrogen) atoms. The normalized spacial score (nSPS) is 10.7. The molecule has 0 unspecified atom stereocenters. The van der Waals surface area contributed by atoms with Crippen LogP contribution in [0.25, 0.3) is 0 Å². The number of carbonyl (C=O) groups is 1. The van der Waals surface area contributed by atoms with E-state index in [9.17, 15) is 18.0 Å². The summed E-state index contributed by atoms with van der Waals surface area (Å²) < 4.78 is 34.5. The lowest BCUT2D eigenvalue weighted by Gasteiger charge is -2.08. The fraction of sp³-hybridized carbons (Fsp3) is 0.600. The average Bonchev–Trinajstić information content (AvgIpc) is 1.95. The standard InChI is InChI=1S/C5H9F3N4O/c6-5(7,8)2-12-4(13)11-1-3(9)10/h1-2H2,(H3,9,10)(H2,11,12,13). The minimum Gasteiger partial charge on any atom is -0.386 e. The van der Waals surface area contributed by atoms with Gasteiger partial charge < -0.3 is 16.4 Å². The summed E-state index contributed by atoms with van der Waals surface area (Å²) in [6.45, 7) is -1.68. The van der Waals surface area contributed by atoms with Gasteiger partial charge >= 0.3 is 12.2 Å². The molecule has 0 rings (SSSR count). The number of nitrogens with two attached hydrogens (primary N) is 1. The van der Waals surface area contributed by atoms with Crippen molar-refractivity contribution in [1.29, 1.82) is 5.41 Å². The first-order valence-corrected chi connectivity index (χ1v) is 3.22. The van der Waals surface area contributed by atoms with E-state index in [1.807, 2.05) is 5.32 Å². The van der Waals surface area contributed by atoms with E-state index in [0.717, 1.165) is 0 Å². The van der Waals surface area contributed by atoms with Crippen molar-refractivity contribution >= 4 is 11.9 Å². The van der Waals surface area contributed by atoms with Gasteiger partial charge in [-0.05, 0) is 0 Å². The third-order valence-electron chi connectivity index (χ3n) is 0.889. The maximum Gasteiger partial charge on any atom is 0.405 e. The van der Waals surface area contributed by atoms with Gasteiger partial charge in [0.1, 0.15) is 12.4 Å². The molecule has 0 aliphatic heterocycles. The van der Waals surface area contributed by atoms with E-state index < -0.39 is 18.8 Å². The van der Waals surface area contributed by atoms with Crippen LogP contribution in [0.15, 0.2) is 0 Å². The number of nitrogens with one attached hydrogen (secondary N) is 3. The van der Waals surface area contributed by atoms with Gasteiger partial charge in [-0.25, -0.2) is 4.79 Å². The van der Waals surface area contributed by atoms with E-state index in [1.54, 1.807) is 5.32 Å². The lowest BCUT2D eigenvalue weighted by molar-refractivity contribution is -0.122. The Morgan fingerprint density at radius 2 is 1.92 bits per heavy atom. The summed E-state index contributed by atoms with van der Waals surface area (Å²) in [7, 11) is 0. The highest BCUT2D eigenvalue weighted by atomic mass is 19.4. The maximum absolute atomic E-state index is 11.5. The van der Waals surface area contributed by atoms with Crippen molar-refractivity contribution in [3.05, 3.63) is 0 Å². The molecule has 0 atom stereocenters. The summed E-state index contributed by atoms with van der Waals surface area (Å²) in [5.41, 5.74) is 4.84. The molecule has 0 aromatic carbocycles. The lowest BCUT2D eigenvalue weighted by Crippen LogP contribution is -2.43. The van der Waals surface area contributed by atoms with E-state index in [1.165, 1.54) is 0 Å². The Morgan fingerprint density at radius 3 is 2.31 bits per heavy atom. The second-order valence-corrected chi connectivity index (χ2v) is 2.18. The van der Waals surface area contributed by atoms with Crippen LogP contribution >= 0.6 is 0 Å². The number of hydrogen-bond donors (Lipinski definition) is 4. The zero-order valence-corrected chi connectivity index (χ0v) is 6.53. The highest BCUT2D eigenvalue weighted by Gasteiger charge is 2.27. The molecular formula is C5H9F3N4O. The van der Waals surface area contributed by atoms with Crippen LogP contribution in [0, 0.1) is 5.41 Å². The molecule has 0 aliphatic rings. The summed E-state index contributed by atoms with van der Waals surface area (Å²) in [6, 6.07) is -1.01. The van der Waals surface area contributed by atoms with Crippen LogP contribution in [0.5, 0.6) is 0 Å². The van der Waals surface area contributed by atoms with E-state index in [2.05, 4.69) is 0 Å². The third kappa shape index (κ3) is 8.44. The fourth-order valence-corrected chi connectivity index (χ4v) is 0.419. The van der Waals surface area contributed by atoms with Crippen molar-refractivity contribution in [2.75, 3.05) is 13.1 Å². The molecule has 0 saturated heterocycles. The topological polar surface area (TPSA) is 91.0 Å². The van der Waals surface area contributed by atoms with Crippen LogP contribution in [-0.2, 0) is 0 Å². The maximum atomic E-state index is 11.5. The largest absolute Gasteiger partial charge is 0.405 e. The zero-order valence-electron chi connectivity index (χ0n) is 6.53. The fourth-order valence-electron chi connectivity index (χ4n) is 0.419. The van der Waals surface area contributed by atoms with Crippen molar-refractivity contribution in [2.24, 2.45) is 5.73 Å². The molecule has 5 N–H and O–H groups in total. The van der Waals surface area contributed by atoms with Crippen LogP contribution in [0.3, 0.4) is 0 Å². The van der Waals surface area contributed by atoms with Crippen LogP contribution < -0.4 is 16.4 Å². The summed E-state index contributed by atoms with van der Waals surface area (Å²) in [4.78, 5) is 10.5. The van der Waals surface area contributed by atoms with Crippen molar-refractivity contribution in [1.82, 2.24) is 10.6 Å². The molecule has 0 aromatic rings. The minimum atomic E-state index is -4.44. The molecule has 76 valence electrons. The van der Waals surface area contributed by atoms with Crippen LogP contribution in [-0.4, -0.2) is 31.1 Å². The van der Waals surface area contributed by atoms with Gasteiger partial charge in [-0.3, -0.25) is 5.41 Å². The number of amidine groups is 1. The van der Waals surface area contributed by atoms with Crippen LogP contribution in [0.1, 0.15) is 0 Å². The van der Waals surface area contributed by atoms with Crippen LogP contribution in [0.2, 0.25) is 0 Å². The number of alkyl halides is 3. The van der Waals surface area contributed by atoms with E-state index in [0.29, 0.717) is 0 Å². The van der Waals surface area contributed by atoms with Gasteiger partial charge in [0, 0.05) is 0 Å². The van der Waals surface area contributed by atoms with Gasteiger partial charge in [0.25, 0.3) is 0 Å². The second-order valence-electron chi connectivity index (χ2n) is 2.18. The second kappa shape index (κ2) is 4.53. The van der Waals surface area contributed by atoms with Gasteiger partial charge in [-0.1, -0.05) is 0 Å². The molecule has 2 amide bonds. The Hall–Kier alpha value is -1.47. The predicted octanol–water partition coefficient (Wildman–Crippen LogP) is -0.216. The van der Waals surface area contributed by atoms with Crippen molar-refractivity contribution in [3.63, 3.8) is 0 Å². The molecule has 5 nitrogen and oxygen atoms in total. The van der Waals surface area contributed by atoms with Gasteiger partial charge in [0.05, 0.1) is 6.54 Å². The molecule has 0 spiro atoms. The number of amides is 2. The molecule has 0 saturated carbocycles. The van der Waals surface area contributed by atoms with Crippen molar-refractivity contribution < 1.29 is 18.0 Å². The smallest absolute Gasteiger partial charge is 0.386 e. The predicted molar refractivity (Wildman–Crippen MR) is 39.4 cm³/mol. The summed E-state index contributed by atoms with van der Waals surface area (Å²) >= 11 is 0. The SMILES string of the molecule is N=C(N)CNC(=O)NCC(F)(F)F. The van der Waals surface area contributed by atoms with E-state index in [4.69, 9.17) is 11.1 Å². The first-order chi connectivity index (χ1) is 5.81. The van der Waals surface area contributed by atoms with Crippen molar-refractivity contribution in [3.8, 4) is 0 Å². The molecule has 0 fully saturated rings. The van der Waals surface area contributed by atoms with E-state index >= 15 is 0 Å². The lowest BCUT2D eigenvalue weighted by atomic mass is 10.6. The number of carbonyl (C=O) groups excluding carboxylic acids is 1. The van der Waals surface area contributed by atoms with Gasteiger partial charge in [-0.2, -0.15) is 13.2 Å². The van der Waals surface area contributed by atoms with Gasteiger partial charge in [0.15, 0.2) is 0 Å². The highest BCUT2D eigenvalue weighted by Crippen LogP contribution is 2.11. The number of rotatable bonds is 3. The zero-order chi connectivity index (χ0) is 10.5. The Balaban J connectivity index is 3.58. The molecule has 0 aliphatic carbocycles. The molecule has 0 aromatic heterocycles. The molecule has 0 bridgehead atoms. The monoisotopic (exact) mass is 198 g/mol. The van der Waals surface area contributed by atoms with Crippen molar-refractivity contribution in [2.45, 2.75) is 6.18 Å². The summed E-state index contributed by atoms with van der Waals surface area (Å²) in [6.07, 6.45) is -4.44. The summed E-state index contributed by atoms with van der Waals surface area (Å²) in [5.74, 6) is -0.331. The Bertz CT molecular complexity index is 202. The number of halogens is 3. The van der Waals surface area contributed by atoms with Crippen LogP contribution in [0.4, 0.5) is 18.0 Å². The molecule has 0 heterocycles. The minimum absolute atomic E-state index is 0.274. The Kier molecular flexibility index (Phi) is 4.02. The Morgan fingerprint density at radius 1 is 1.38 bits per heavy atom. The average molecular weight is 198 g/mol. The Labute approximate surface area is 72.0 Å². The first-order valence-electron chi connectivity index (χ1n) is 3.22. The molecule has 8 heteroatoms. The number of urea groups is 1. The summed E-state index contributed by atoms with van der Waals surface area (Å²) in [5, 5.41) is 10.2.